The van der Waals surface area contributed by atoms with Crippen molar-refractivity contribution in [1.29, 1.82) is 0 Å². The highest BCUT2D eigenvalue weighted by Gasteiger charge is 2.20. The molecule has 27 heavy (non-hydrogen) atoms. The van der Waals surface area contributed by atoms with Gasteiger partial charge in [0, 0.05) is 38.2 Å². The van der Waals surface area contributed by atoms with Crippen molar-refractivity contribution in [1.82, 2.24) is 9.97 Å². The van der Waals surface area contributed by atoms with E-state index in [-0.39, 0.29) is 12.5 Å². The molecule has 146 valence electrons. The topological polar surface area (TPSA) is 81.5 Å². The fraction of sp³-hybridized carbons (Fsp3) is 0.524. The van der Waals surface area contributed by atoms with Crippen molar-refractivity contribution in [2.45, 2.75) is 52.2 Å². The molecule has 2 heterocycles. The van der Waals surface area contributed by atoms with Crippen LogP contribution in [-0.4, -0.2) is 39.9 Å². The van der Waals surface area contributed by atoms with Gasteiger partial charge in [-0.3, -0.25) is 0 Å². The standard InChI is InChI=1S/C21H30N4O2/c1-14(2)21-23-19(22-8-4-10-26)12-20(24-21)25-9-7-17-11-16(15(3)27)5-6-18(17)13-25/h5-6,11-12,14-15,26-27H,4,7-10,13H2,1-3H3,(H,22,23,24)/t15-/m0/s1. The predicted molar refractivity (Wildman–Crippen MR) is 108 cm³/mol. The van der Waals surface area contributed by atoms with Crippen LogP contribution in [0.4, 0.5) is 11.6 Å². The Bertz CT molecular complexity index is 777. The van der Waals surface area contributed by atoms with E-state index in [1.807, 2.05) is 12.1 Å². The summed E-state index contributed by atoms with van der Waals surface area (Å²) in [6.45, 7) is 8.55. The molecule has 1 aliphatic heterocycles. The van der Waals surface area contributed by atoms with Gasteiger partial charge in [0.05, 0.1) is 6.10 Å². The van der Waals surface area contributed by atoms with Crippen LogP contribution in [-0.2, 0) is 13.0 Å². The molecule has 0 amide bonds. The van der Waals surface area contributed by atoms with E-state index in [0.717, 1.165) is 42.5 Å². The lowest BCUT2D eigenvalue weighted by Crippen LogP contribution is -2.31. The minimum atomic E-state index is -0.434. The van der Waals surface area contributed by atoms with Crippen LogP contribution < -0.4 is 10.2 Å². The van der Waals surface area contributed by atoms with Crippen LogP contribution in [0.15, 0.2) is 24.3 Å². The molecule has 0 fully saturated rings. The maximum atomic E-state index is 9.81. The molecule has 2 aromatic rings. The van der Waals surface area contributed by atoms with Crippen molar-refractivity contribution >= 4 is 11.6 Å². The van der Waals surface area contributed by atoms with Crippen LogP contribution in [0.25, 0.3) is 0 Å². The number of fused-ring (bicyclic) bond motifs is 1. The molecule has 0 spiro atoms. The highest BCUT2D eigenvalue weighted by molar-refractivity contribution is 5.52. The van der Waals surface area contributed by atoms with E-state index >= 15 is 0 Å². The van der Waals surface area contributed by atoms with Crippen molar-refractivity contribution in [3.63, 3.8) is 0 Å². The third-order valence-electron chi connectivity index (χ3n) is 4.94. The molecule has 0 saturated carbocycles. The van der Waals surface area contributed by atoms with Gasteiger partial charge in [-0.1, -0.05) is 32.0 Å². The van der Waals surface area contributed by atoms with Gasteiger partial charge in [-0.05, 0) is 36.5 Å². The minimum Gasteiger partial charge on any atom is -0.396 e. The first-order valence-corrected chi connectivity index (χ1v) is 9.76. The van der Waals surface area contributed by atoms with Crippen molar-refractivity contribution < 1.29 is 10.2 Å². The Labute approximate surface area is 161 Å². The summed E-state index contributed by atoms with van der Waals surface area (Å²) in [6, 6.07) is 8.25. The molecule has 1 aromatic heterocycles. The van der Waals surface area contributed by atoms with Gasteiger partial charge in [0.25, 0.3) is 0 Å². The monoisotopic (exact) mass is 370 g/mol. The Morgan fingerprint density at radius 1 is 1.15 bits per heavy atom. The second kappa shape index (κ2) is 8.67. The molecule has 3 rings (SSSR count). The molecule has 3 N–H and O–H groups in total. The van der Waals surface area contributed by atoms with Crippen molar-refractivity contribution in [2.24, 2.45) is 0 Å². The normalized spacial score (nSPS) is 15.0. The highest BCUT2D eigenvalue weighted by Crippen LogP contribution is 2.28. The minimum absolute atomic E-state index is 0.166. The van der Waals surface area contributed by atoms with Gasteiger partial charge in [-0.25, -0.2) is 9.97 Å². The first-order chi connectivity index (χ1) is 13.0. The van der Waals surface area contributed by atoms with E-state index in [1.165, 1.54) is 11.1 Å². The van der Waals surface area contributed by atoms with Gasteiger partial charge in [0.2, 0.25) is 0 Å². The van der Waals surface area contributed by atoms with Crippen molar-refractivity contribution in [3.8, 4) is 0 Å². The number of anilines is 2. The predicted octanol–water partition coefficient (Wildman–Crippen LogP) is 3.01. The molecule has 0 unspecified atom stereocenters. The first kappa shape index (κ1) is 19.6. The average molecular weight is 370 g/mol. The fourth-order valence-corrected chi connectivity index (χ4v) is 3.29. The molecule has 1 aliphatic rings. The number of hydrogen-bond donors (Lipinski definition) is 3. The van der Waals surface area contributed by atoms with Gasteiger partial charge >= 0.3 is 0 Å². The molecule has 1 aromatic carbocycles. The molecule has 6 heteroatoms. The van der Waals surface area contributed by atoms with Crippen LogP contribution >= 0.6 is 0 Å². The number of rotatable bonds is 7. The molecule has 0 radical (unpaired) electrons. The number of benzene rings is 1. The number of aromatic nitrogens is 2. The van der Waals surface area contributed by atoms with Gasteiger partial charge < -0.3 is 20.4 Å². The summed E-state index contributed by atoms with van der Waals surface area (Å²) in [5.74, 6) is 2.82. The molecule has 0 aliphatic carbocycles. The summed E-state index contributed by atoms with van der Waals surface area (Å²) in [7, 11) is 0. The zero-order chi connectivity index (χ0) is 19.4. The van der Waals surface area contributed by atoms with Crippen molar-refractivity contribution in [3.05, 3.63) is 46.8 Å². The highest BCUT2D eigenvalue weighted by atomic mass is 16.3. The average Bonchev–Trinajstić information content (AvgIpc) is 2.67. The molecule has 0 bridgehead atoms. The fourth-order valence-electron chi connectivity index (χ4n) is 3.29. The Morgan fingerprint density at radius 3 is 2.67 bits per heavy atom. The Balaban J connectivity index is 1.83. The summed E-state index contributed by atoms with van der Waals surface area (Å²) in [5, 5.41) is 22.1. The summed E-state index contributed by atoms with van der Waals surface area (Å²) >= 11 is 0. The van der Waals surface area contributed by atoms with Crippen LogP contribution in [0.1, 0.15) is 61.7 Å². The maximum absolute atomic E-state index is 9.81. The largest absolute Gasteiger partial charge is 0.396 e. The van der Waals surface area contributed by atoms with E-state index < -0.39 is 6.10 Å². The van der Waals surface area contributed by atoms with E-state index in [0.29, 0.717) is 13.0 Å². The molecular weight excluding hydrogens is 340 g/mol. The van der Waals surface area contributed by atoms with Gasteiger partial charge in [0.1, 0.15) is 17.5 Å². The molecule has 0 saturated heterocycles. The number of hydrogen-bond acceptors (Lipinski definition) is 6. The van der Waals surface area contributed by atoms with E-state index in [9.17, 15) is 5.11 Å². The van der Waals surface area contributed by atoms with Gasteiger partial charge in [-0.15, -0.1) is 0 Å². The zero-order valence-corrected chi connectivity index (χ0v) is 16.4. The maximum Gasteiger partial charge on any atom is 0.135 e. The Morgan fingerprint density at radius 2 is 1.96 bits per heavy atom. The number of aliphatic hydroxyl groups excluding tert-OH is 2. The lowest BCUT2D eigenvalue weighted by molar-refractivity contribution is 0.199. The van der Waals surface area contributed by atoms with Crippen LogP contribution in [0.5, 0.6) is 0 Å². The van der Waals surface area contributed by atoms with E-state index in [2.05, 4.69) is 41.2 Å². The van der Waals surface area contributed by atoms with Crippen LogP contribution in [0.2, 0.25) is 0 Å². The quantitative estimate of drug-likeness (QED) is 0.650. The molecular formula is C21H30N4O2. The van der Waals surface area contributed by atoms with Gasteiger partial charge in [0.15, 0.2) is 0 Å². The van der Waals surface area contributed by atoms with E-state index in [1.54, 1.807) is 6.92 Å². The summed E-state index contributed by atoms with van der Waals surface area (Å²) in [5.41, 5.74) is 3.57. The van der Waals surface area contributed by atoms with Crippen LogP contribution in [0.3, 0.4) is 0 Å². The second-order valence-corrected chi connectivity index (χ2v) is 7.50. The van der Waals surface area contributed by atoms with Crippen molar-refractivity contribution in [2.75, 3.05) is 29.9 Å². The molecule has 6 nitrogen and oxygen atoms in total. The smallest absolute Gasteiger partial charge is 0.135 e. The summed E-state index contributed by atoms with van der Waals surface area (Å²) in [4.78, 5) is 11.7. The Kier molecular flexibility index (Phi) is 6.29. The Hall–Kier alpha value is -2.18. The second-order valence-electron chi connectivity index (χ2n) is 7.50. The molecule has 1 atom stereocenters. The van der Waals surface area contributed by atoms with E-state index in [4.69, 9.17) is 10.1 Å². The first-order valence-electron chi connectivity index (χ1n) is 9.76. The van der Waals surface area contributed by atoms with Crippen LogP contribution in [0, 0.1) is 0 Å². The lowest BCUT2D eigenvalue weighted by atomic mass is 9.96. The summed E-state index contributed by atoms with van der Waals surface area (Å²) < 4.78 is 0. The zero-order valence-electron chi connectivity index (χ0n) is 16.4. The number of nitrogens with zero attached hydrogens (tertiary/aromatic N) is 3. The summed E-state index contributed by atoms with van der Waals surface area (Å²) in [6.07, 6.45) is 1.19. The number of aliphatic hydroxyl groups is 2. The third-order valence-corrected chi connectivity index (χ3v) is 4.94. The third kappa shape index (κ3) is 4.76. The number of nitrogens with one attached hydrogen (secondary N) is 1. The SMILES string of the molecule is CC(C)c1nc(NCCCO)cc(N2CCc3cc([C@H](C)O)ccc3C2)n1. The van der Waals surface area contributed by atoms with Gasteiger partial charge in [-0.2, -0.15) is 0 Å². The lowest BCUT2D eigenvalue weighted by Gasteiger charge is -2.31.